The highest BCUT2D eigenvalue weighted by molar-refractivity contribution is 7.93. The lowest BCUT2D eigenvalue weighted by Crippen LogP contribution is -2.56. The van der Waals surface area contributed by atoms with Crippen molar-refractivity contribution in [3.8, 4) is 0 Å². The van der Waals surface area contributed by atoms with Crippen molar-refractivity contribution in [2.75, 3.05) is 16.6 Å². The van der Waals surface area contributed by atoms with Crippen molar-refractivity contribution in [3.63, 3.8) is 0 Å². The highest BCUT2D eigenvalue weighted by atomic mass is 32.2. The number of rotatable bonds is 7. The van der Waals surface area contributed by atoms with Crippen molar-refractivity contribution < 1.29 is 31.5 Å². The average Bonchev–Trinajstić information content (AvgIpc) is 3.49. The molecule has 13 heteroatoms. The van der Waals surface area contributed by atoms with Crippen molar-refractivity contribution >= 4 is 43.2 Å². The molecule has 1 aromatic carbocycles. The Morgan fingerprint density at radius 3 is 2.65 bits per heavy atom. The zero-order chi connectivity index (χ0) is 26.3. The molecule has 6 rings (SSSR count). The lowest BCUT2D eigenvalue weighted by Gasteiger charge is -2.42. The second kappa shape index (κ2) is 8.43. The fourth-order valence-electron chi connectivity index (χ4n) is 5.77. The first-order chi connectivity index (χ1) is 17.5. The van der Waals surface area contributed by atoms with Crippen LogP contribution in [0.1, 0.15) is 46.0 Å². The average molecular weight is 551 g/mol. The van der Waals surface area contributed by atoms with Crippen LogP contribution in [0.2, 0.25) is 0 Å². The van der Waals surface area contributed by atoms with Crippen LogP contribution in [0.15, 0.2) is 38.8 Å². The highest BCUT2D eigenvalue weighted by Crippen LogP contribution is 2.48. The molecule has 3 N–H and O–H groups in total. The molecular formula is C24H30N4O7S2. The molecule has 2 bridgehead atoms. The molecule has 1 aliphatic carbocycles. The number of carbonyl (C=O) groups excluding carboxylic acids is 1. The number of aliphatic hydroxyl groups is 1. The number of sulfonamides is 2. The van der Waals surface area contributed by atoms with E-state index in [-0.39, 0.29) is 51.7 Å². The lowest BCUT2D eigenvalue weighted by atomic mass is 9.77. The number of amidine groups is 1. The van der Waals surface area contributed by atoms with Gasteiger partial charge in [-0.25, -0.2) is 8.42 Å². The second-order valence-electron chi connectivity index (χ2n) is 10.8. The summed E-state index contributed by atoms with van der Waals surface area (Å²) in [4.78, 5) is 15.2. The number of ether oxygens (including phenoxy) is 1. The standard InChI is InChI=1S/C24H30N4O7S2/c1-12(2)9-10-28-21-17-8-7-16(35-17)19(21)22(29)20(24(28)30)23-25-15-6-3-13(11-18(15)37(33,34)27-23)26-36(31,32)14-4-5-14/h3,6,11-12,14,16-17,19,21,26,29H,4-5,7-10H2,1-2H3,(H,25,27). The van der Waals surface area contributed by atoms with E-state index in [1.807, 2.05) is 0 Å². The van der Waals surface area contributed by atoms with Gasteiger partial charge in [0, 0.05) is 12.2 Å². The molecule has 2 saturated heterocycles. The maximum Gasteiger partial charge on any atom is 0.286 e. The zero-order valence-electron chi connectivity index (χ0n) is 20.5. The van der Waals surface area contributed by atoms with Crippen LogP contribution in [0.5, 0.6) is 0 Å². The van der Waals surface area contributed by atoms with Gasteiger partial charge in [-0.15, -0.1) is 4.40 Å². The van der Waals surface area contributed by atoms with Crippen LogP contribution in [0.4, 0.5) is 11.4 Å². The third-order valence-electron chi connectivity index (χ3n) is 7.77. The topological polar surface area (TPSA) is 154 Å². The minimum absolute atomic E-state index is 0.118. The summed E-state index contributed by atoms with van der Waals surface area (Å²) in [6, 6.07) is 3.81. The summed E-state index contributed by atoms with van der Waals surface area (Å²) in [7, 11) is -7.88. The number of fused-ring (bicyclic) bond motifs is 6. The van der Waals surface area contributed by atoms with Gasteiger partial charge in [-0.05, 0) is 56.2 Å². The Labute approximate surface area is 216 Å². The molecule has 4 heterocycles. The van der Waals surface area contributed by atoms with E-state index >= 15 is 0 Å². The molecule has 3 fully saturated rings. The van der Waals surface area contributed by atoms with Gasteiger partial charge in [0.2, 0.25) is 10.0 Å². The van der Waals surface area contributed by atoms with Crippen molar-refractivity contribution in [1.29, 1.82) is 0 Å². The van der Waals surface area contributed by atoms with Crippen molar-refractivity contribution in [2.45, 2.75) is 74.3 Å². The molecule has 37 heavy (non-hydrogen) atoms. The number of amides is 1. The molecule has 1 amide bonds. The van der Waals surface area contributed by atoms with E-state index in [1.165, 1.54) is 18.2 Å². The number of hydrogen-bond acceptors (Lipinski definition) is 8. The third-order valence-corrected chi connectivity index (χ3v) is 11.0. The maximum atomic E-state index is 13.7. The van der Waals surface area contributed by atoms with Crippen molar-refractivity contribution in [2.24, 2.45) is 16.2 Å². The number of anilines is 2. The Morgan fingerprint density at radius 2 is 1.95 bits per heavy atom. The summed E-state index contributed by atoms with van der Waals surface area (Å²) in [5.41, 5.74) is 0.105. The maximum absolute atomic E-state index is 13.7. The summed E-state index contributed by atoms with van der Waals surface area (Å²) >= 11 is 0. The van der Waals surface area contributed by atoms with Gasteiger partial charge in [0.15, 0.2) is 5.84 Å². The van der Waals surface area contributed by atoms with Crippen molar-refractivity contribution in [1.82, 2.24) is 4.90 Å². The summed E-state index contributed by atoms with van der Waals surface area (Å²) in [5.74, 6) is -1.00. The number of nitrogens with zero attached hydrogens (tertiary/aromatic N) is 2. The molecule has 11 nitrogen and oxygen atoms in total. The Morgan fingerprint density at radius 1 is 1.22 bits per heavy atom. The summed E-state index contributed by atoms with van der Waals surface area (Å²) in [6.07, 6.45) is 3.07. The Bertz CT molecular complexity index is 1450. The smallest absolute Gasteiger partial charge is 0.286 e. The van der Waals surface area contributed by atoms with Gasteiger partial charge in [-0.2, -0.15) is 8.42 Å². The molecule has 200 valence electrons. The van der Waals surface area contributed by atoms with Gasteiger partial charge in [-0.1, -0.05) is 13.8 Å². The van der Waals surface area contributed by atoms with Crippen LogP contribution in [-0.2, 0) is 29.6 Å². The number of benzene rings is 1. The van der Waals surface area contributed by atoms with Crippen LogP contribution in [0.25, 0.3) is 0 Å². The summed E-state index contributed by atoms with van der Waals surface area (Å²) in [6.45, 7) is 4.58. The first kappa shape index (κ1) is 24.7. The number of hydrogen-bond donors (Lipinski definition) is 3. The number of carbonyl (C=O) groups is 1. The Kier molecular flexibility index (Phi) is 5.63. The quantitative estimate of drug-likeness (QED) is 0.467. The molecule has 0 spiro atoms. The molecular weight excluding hydrogens is 520 g/mol. The van der Waals surface area contributed by atoms with Gasteiger partial charge in [-0.3, -0.25) is 9.52 Å². The molecule has 1 aromatic rings. The van der Waals surface area contributed by atoms with E-state index in [2.05, 4.69) is 28.3 Å². The first-order valence-corrected chi connectivity index (χ1v) is 15.6. The SMILES string of the molecule is CC(C)CCN1C(=O)C(C2=NS(=O)(=O)c3cc(NS(=O)(=O)C4CC4)ccc3N2)=C(O)C2C3CCC(O3)C21. The van der Waals surface area contributed by atoms with Crippen LogP contribution < -0.4 is 10.0 Å². The summed E-state index contributed by atoms with van der Waals surface area (Å²) in [5, 5.41) is 13.7. The van der Waals surface area contributed by atoms with Gasteiger partial charge < -0.3 is 20.1 Å². The summed E-state index contributed by atoms with van der Waals surface area (Å²) < 4.78 is 63.4. The van der Waals surface area contributed by atoms with Gasteiger partial charge in [0.25, 0.3) is 15.9 Å². The van der Waals surface area contributed by atoms with Gasteiger partial charge in [0.05, 0.1) is 35.1 Å². The molecule has 1 saturated carbocycles. The fraction of sp³-hybridized carbons (Fsp3) is 0.583. The molecule has 5 aliphatic rings. The predicted octanol–water partition coefficient (Wildman–Crippen LogP) is 2.35. The van der Waals surface area contributed by atoms with Crippen LogP contribution >= 0.6 is 0 Å². The molecule has 4 aliphatic heterocycles. The molecule has 4 unspecified atom stereocenters. The van der Waals surface area contributed by atoms with Crippen LogP contribution in [0.3, 0.4) is 0 Å². The van der Waals surface area contributed by atoms with E-state index in [0.717, 1.165) is 19.3 Å². The van der Waals surface area contributed by atoms with E-state index in [4.69, 9.17) is 4.74 Å². The largest absolute Gasteiger partial charge is 0.511 e. The van der Waals surface area contributed by atoms with E-state index in [1.54, 1.807) is 4.90 Å². The second-order valence-corrected chi connectivity index (χ2v) is 14.4. The van der Waals surface area contributed by atoms with Gasteiger partial charge >= 0.3 is 0 Å². The molecule has 0 aromatic heterocycles. The minimum atomic E-state index is -4.30. The lowest BCUT2D eigenvalue weighted by molar-refractivity contribution is -0.132. The zero-order valence-corrected chi connectivity index (χ0v) is 22.2. The van der Waals surface area contributed by atoms with E-state index < -0.39 is 37.1 Å². The van der Waals surface area contributed by atoms with E-state index in [9.17, 15) is 26.7 Å². The predicted molar refractivity (Wildman–Crippen MR) is 136 cm³/mol. The van der Waals surface area contributed by atoms with Crippen molar-refractivity contribution in [3.05, 3.63) is 29.5 Å². The molecule has 4 atom stereocenters. The van der Waals surface area contributed by atoms with Gasteiger partial charge in [0.1, 0.15) is 16.2 Å². The Balaban J connectivity index is 1.36. The number of nitrogens with one attached hydrogen (secondary N) is 2. The van der Waals surface area contributed by atoms with Crippen LogP contribution in [-0.4, -0.2) is 68.6 Å². The minimum Gasteiger partial charge on any atom is -0.511 e. The van der Waals surface area contributed by atoms with Crippen LogP contribution in [0, 0.1) is 11.8 Å². The Hall–Kier alpha value is -2.64. The molecule has 0 radical (unpaired) electrons. The fourth-order valence-corrected chi connectivity index (χ4v) is 8.30. The highest BCUT2D eigenvalue weighted by Gasteiger charge is 2.58. The first-order valence-electron chi connectivity index (χ1n) is 12.6. The number of aliphatic hydroxyl groups excluding tert-OH is 1. The monoisotopic (exact) mass is 550 g/mol. The normalized spacial score (nSPS) is 30.2. The third kappa shape index (κ3) is 4.11. The van der Waals surface area contributed by atoms with E-state index in [0.29, 0.717) is 25.3 Å².